The molecule has 0 heterocycles. The van der Waals surface area contributed by atoms with Crippen molar-refractivity contribution in [3.63, 3.8) is 0 Å². The number of rotatable bonds is 4. The van der Waals surface area contributed by atoms with Crippen molar-refractivity contribution in [2.75, 3.05) is 0 Å². The van der Waals surface area contributed by atoms with Crippen molar-refractivity contribution in [2.45, 2.75) is 17.6 Å². The van der Waals surface area contributed by atoms with Crippen LogP contribution in [0.1, 0.15) is 21.5 Å². The Labute approximate surface area is 121 Å². The number of aromatic carboxylic acids is 1. The van der Waals surface area contributed by atoms with Crippen molar-refractivity contribution < 1.29 is 9.90 Å². The summed E-state index contributed by atoms with van der Waals surface area (Å²) < 4.78 is 0. The lowest BCUT2D eigenvalue weighted by Gasteiger charge is -2.06. The number of carboxylic acids is 1. The van der Waals surface area contributed by atoms with E-state index in [2.05, 4.69) is 0 Å². The first-order chi connectivity index (χ1) is 9.06. The van der Waals surface area contributed by atoms with E-state index in [1.54, 1.807) is 17.8 Å². The van der Waals surface area contributed by atoms with Crippen molar-refractivity contribution in [3.05, 3.63) is 64.2 Å². The van der Waals surface area contributed by atoms with E-state index in [0.29, 0.717) is 5.56 Å². The molecule has 19 heavy (non-hydrogen) atoms. The van der Waals surface area contributed by atoms with Gasteiger partial charge in [-0.1, -0.05) is 23.7 Å². The maximum Gasteiger partial charge on any atom is 0.335 e. The van der Waals surface area contributed by atoms with E-state index in [1.807, 2.05) is 43.3 Å². The van der Waals surface area contributed by atoms with Crippen molar-refractivity contribution in [1.82, 2.24) is 0 Å². The first-order valence-corrected chi connectivity index (χ1v) is 7.14. The number of hydrogen-bond donors (Lipinski definition) is 1. The largest absolute Gasteiger partial charge is 0.478 e. The summed E-state index contributed by atoms with van der Waals surface area (Å²) in [4.78, 5) is 12.0. The fourth-order valence-electron chi connectivity index (χ4n) is 1.76. The van der Waals surface area contributed by atoms with Gasteiger partial charge in [0.2, 0.25) is 0 Å². The Morgan fingerprint density at radius 1 is 1.26 bits per heavy atom. The first kappa shape index (κ1) is 14.0. The Hall–Kier alpha value is -1.45. The van der Waals surface area contributed by atoms with Crippen LogP contribution >= 0.6 is 23.4 Å². The molecule has 0 amide bonds. The summed E-state index contributed by atoms with van der Waals surface area (Å²) in [5, 5.41) is 9.71. The van der Waals surface area contributed by atoms with Crippen LogP contribution in [0.4, 0.5) is 0 Å². The maximum atomic E-state index is 10.9. The van der Waals surface area contributed by atoms with Gasteiger partial charge in [0.15, 0.2) is 0 Å². The van der Waals surface area contributed by atoms with Crippen molar-refractivity contribution >= 4 is 29.3 Å². The number of aryl methyl sites for hydroxylation is 1. The second-order valence-electron chi connectivity index (χ2n) is 4.20. The van der Waals surface area contributed by atoms with Gasteiger partial charge in [0.1, 0.15) is 0 Å². The molecule has 4 heteroatoms. The molecule has 0 aromatic heterocycles. The molecule has 0 spiro atoms. The lowest BCUT2D eigenvalue weighted by molar-refractivity contribution is 0.0696. The van der Waals surface area contributed by atoms with E-state index >= 15 is 0 Å². The Morgan fingerprint density at radius 3 is 2.68 bits per heavy atom. The molecule has 2 nitrogen and oxygen atoms in total. The van der Waals surface area contributed by atoms with Crippen LogP contribution in [0.3, 0.4) is 0 Å². The highest BCUT2D eigenvalue weighted by Crippen LogP contribution is 2.26. The van der Waals surface area contributed by atoms with Gasteiger partial charge in [0, 0.05) is 15.7 Å². The van der Waals surface area contributed by atoms with Crippen LogP contribution in [0.2, 0.25) is 5.02 Å². The number of benzene rings is 2. The van der Waals surface area contributed by atoms with Gasteiger partial charge in [-0.25, -0.2) is 4.79 Å². The third-order valence-corrected chi connectivity index (χ3v) is 4.02. The van der Waals surface area contributed by atoms with Gasteiger partial charge in [-0.2, -0.15) is 0 Å². The Bertz CT molecular complexity index is 611. The third kappa shape index (κ3) is 3.75. The summed E-state index contributed by atoms with van der Waals surface area (Å²) >= 11 is 7.60. The highest BCUT2D eigenvalue weighted by atomic mass is 35.5. The zero-order chi connectivity index (χ0) is 13.8. The molecule has 0 saturated heterocycles. The fourth-order valence-corrected chi connectivity index (χ4v) is 2.91. The summed E-state index contributed by atoms with van der Waals surface area (Å²) in [6.45, 7) is 1.81. The molecular weight excluding hydrogens is 280 g/mol. The van der Waals surface area contributed by atoms with E-state index < -0.39 is 5.97 Å². The van der Waals surface area contributed by atoms with Crippen LogP contribution in [0, 0.1) is 6.92 Å². The van der Waals surface area contributed by atoms with Gasteiger partial charge >= 0.3 is 5.97 Å². The van der Waals surface area contributed by atoms with E-state index in [0.717, 1.165) is 26.8 Å². The predicted molar refractivity (Wildman–Crippen MR) is 79.2 cm³/mol. The molecule has 0 radical (unpaired) electrons. The smallest absolute Gasteiger partial charge is 0.335 e. The predicted octanol–water partition coefficient (Wildman–Crippen LogP) is 4.64. The Balaban J connectivity index is 2.08. The number of carbonyl (C=O) groups is 1. The molecule has 2 aromatic rings. The molecule has 0 atom stereocenters. The van der Waals surface area contributed by atoms with Crippen LogP contribution in [-0.4, -0.2) is 11.1 Å². The number of halogens is 1. The van der Waals surface area contributed by atoms with Crippen LogP contribution in [-0.2, 0) is 5.75 Å². The van der Waals surface area contributed by atoms with E-state index in [-0.39, 0.29) is 0 Å². The minimum absolute atomic E-state index is 0.354. The normalized spacial score (nSPS) is 10.4. The summed E-state index contributed by atoms with van der Waals surface area (Å²) in [6, 6.07) is 13.1. The van der Waals surface area contributed by atoms with Crippen molar-refractivity contribution in [1.29, 1.82) is 0 Å². The van der Waals surface area contributed by atoms with Gasteiger partial charge in [-0.15, -0.1) is 11.8 Å². The lowest BCUT2D eigenvalue weighted by Crippen LogP contribution is -1.99. The number of hydrogen-bond acceptors (Lipinski definition) is 2. The van der Waals surface area contributed by atoms with E-state index in [9.17, 15) is 4.79 Å². The second-order valence-corrected chi connectivity index (χ2v) is 5.69. The van der Waals surface area contributed by atoms with Crippen molar-refractivity contribution in [3.8, 4) is 0 Å². The fraction of sp³-hybridized carbons (Fsp3) is 0.133. The average molecular weight is 293 g/mol. The Morgan fingerprint density at radius 2 is 2.05 bits per heavy atom. The summed E-state index contributed by atoms with van der Waals surface area (Å²) in [6.07, 6.45) is 0. The molecule has 0 saturated carbocycles. The zero-order valence-corrected chi connectivity index (χ0v) is 12.0. The van der Waals surface area contributed by atoms with Crippen LogP contribution in [0.5, 0.6) is 0 Å². The summed E-state index contributed by atoms with van der Waals surface area (Å²) in [7, 11) is 0. The molecule has 0 unspecified atom stereocenters. The van der Waals surface area contributed by atoms with Gasteiger partial charge in [0.05, 0.1) is 5.56 Å². The van der Waals surface area contributed by atoms with E-state index in [4.69, 9.17) is 16.7 Å². The quantitative estimate of drug-likeness (QED) is 0.834. The van der Waals surface area contributed by atoms with Crippen LogP contribution < -0.4 is 0 Å². The molecule has 1 N–H and O–H groups in total. The third-order valence-electron chi connectivity index (χ3n) is 2.72. The monoisotopic (exact) mass is 292 g/mol. The van der Waals surface area contributed by atoms with Gasteiger partial charge in [-0.3, -0.25) is 0 Å². The molecule has 0 aliphatic carbocycles. The van der Waals surface area contributed by atoms with Crippen LogP contribution in [0.25, 0.3) is 0 Å². The van der Waals surface area contributed by atoms with Crippen molar-refractivity contribution in [2.24, 2.45) is 0 Å². The summed E-state index contributed by atoms with van der Waals surface area (Å²) in [5.74, 6) is -0.0734. The lowest BCUT2D eigenvalue weighted by atomic mass is 10.1. The number of thioether (sulfide) groups is 1. The molecule has 0 aliphatic rings. The molecule has 2 rings (SSSR count). The average Bonchev–Trinajstić information content (AvgIpc) is 2.36. The Kier molecular flexibility index (Phi) is 4.51. The number of carboxylic acid groups (broad SMARTS) is 1. The SMILES string of the molecule is Cc1cc(SCc2cccc(Cl)c2)ccc1C(=O)O. The molecule has 0 bridgehead atoms. The van der Waals surface area contributed by atoms with Gasteiger partial charge in [-0.05, 0) is 48.4 Å². The maximum absolute atomic E-state index is 10.9. The molecule has 98 valence electrons. The second kappa shape index (κ2) is 6.13. The van der Waals surface area contributed by atoms with Crippen LogP contribution in [0.15, 0.2) is 47.4 Å². The molecule has 2 aromatic carbocycles. The van der Waals surface area contributed by atoms with E-state index in [1.165, 1.54) is 0 Å². The topological polar surface area (TPSA) is 37.3 Å². The highest BCUT2D eigenvalue weighted by Gasteiger charge is 2.07. The molecule has 0 fully saturated rings. The summed E-state index contributed by atoms with van der Waals surface area (Å²) in [5.41, 5.74) is 2.29. The standard InChI is InChI=1S/C15H13ClO2S/c1-10-7-13(5-6-14(10)15(17)18)19-9-11-3-2-4-12(16)8-11/h2-8H,9H2,1H3,(H,17,18). The van der Waals surface area contributed by atoms with Gasteiger partial charge in [0.25, 0.3) is 0 Å². The molecule has 0 aliphatic heterocycles. The highest BCUT2D eigenvalue weighted by molar-refractivity contribution is 7.98. The molecular formula is C15H13ClO2S. The minimum Gasteiger partial charge on any atom is -0.478 e. The minimum atomic E-state index is -0.885. The first-order valence-electron chi connectivity index (χ1n) is 5.77. The van der Waals surface area contributed by atoms with Gasteiger partial charge < -0.3 is 5.11 Å². The zero-order valence-electron chi connectivity index (χ0n) is 10.4.